The minimum atomic E-state index is -1.28. The normalized spacial score (nSPS) is 31.5. The predicted molar refractivity (Wildman–Crippen MR) is 178 cm³/mol. The Labute approximate surface area is 270 Å². The zero-order chi connectivity index (χ0) is 32.4. The van der Waals surface area contributed by atoms with Crippen molar-refractivity contribution in [3.63, 3.8) is 0 Å². The Bertz CT molecular complexity index is 1180. The van der Waals surface area contributed by atoms with E-state index in [0.29, 0.717) is 32.0 Å². The highest BCUT2D eigenvalue weighted by Gasteiger charge is 2.37. The summed E-state index contributed by atoms with van der Waals surface area (Å²) in [5, 5.41) is 11.6. The third-order valence-electron chi connectivity index (χ3n) is 9.82. The first-order chi connectivity index (χ1) is 21.5. The van der Waals surface area contributed by atoms with E-state index in [9.17, 15) is 14.7 Å². The zero-order valence-electron chi connectivity index (χ0n) is 28.1. The summed E-state index contributed by atoms with van der Waals surface area (Å²) < 4.78 is 12.1. The summed E-state index contributed by atoms with van der Waals surface area (Å²) in [5.74, 6) is -0.307. The molecule has 0 aromatic carbocycles. The number of nitrogens with zero attached hydrogens (tertiary/aromatic N) is 3. The van der Waals surface area contributed by atoms with Gasteiger partial charge in [0.25, 0.3) is 0 Å². The van der Waals surface area contributed by atoms with Crippen LogP contribution in [0, 0.1) is 11.8 Å². The third kappa shape index (κ3) is 10.3. The summed E-state index contributed by atoms with van der Waals surface area (Å²) in [6.45, 7) is 13.4. The van der Waals surface area contributed by atoms with Crippen LogP contribution in [0.5, 0.6) is 0 Å². The average molecular weight is 622 g/mol. The first kappa shape index (κ1) is 34.9. The Kier molecular flexibility index (Phi) is 12.8. The third-order valence-corrected chi connectivity index (χ3v) is 9.82. The van der Waals surface area contributed by atoms with Crippen molar-refractivity contribution in [1.82, 2.24) is 14.8 Å². The van der Waals surface area contributed by atoms with E-state index in [-0.39, 0.29) is 36.2 Å². The number of esters is 1. The Morgan fingerprint density at radius 2 is 1.84 bits per heavy atom. The van der Waals surface area contributed by atoms with Gasteiger partial charge < -0.3 is 24.4 Å². The van der Waals surface area contributed by atoms with E-state index in [4.69, 9.17) is 9.47 Å². The molecule has 0 radical (unpaired) electrons. The van der Waals surface area contributed by atoms with Crippen molar-refractivity contribution >= 4 is 12.1 Å². The molecule has 3 aliphatic heterocycles. The van der Waals surface area contributed by atoms with Crippen molar-refractivity contribution in [3.05, 3.63) is 66.0 Å². The summed E-state index contributed by atoms with van der Waals surface area (Å²) in [5.41, 5.74) is 0.619. The molecule has 248 valence electrons. The van der Waals surface area contributed by atoms with Crippen molar-refractivity contribution in [3.8, 4) is 0 Å². The minimum absolute atomic E-state index is 0.0110. The van der Waals surface area contributed by atoms with Crippen molar-refractivity contribution in [2.45, 2.75) is 116 Å². The molecule has 0 spiro atoms. The monoisotopic (exact) mass is 621 g/mol. The fourth-order valence-electron chi connectivity index (χ4n) is 6.72. The summed E-state index contributed by atoms with van der Waals surface area (Å²) in [6.07, 6.45) is 16.9. The summed E-state index contributed by atoms with van der Waals surface area (Å²) in [7, 11) is 0. The predicted octanol–water partition coefficient (Wildman–Crippen LogP) is 6.82. The lowest BCUT2D eigenvalue weighted by molar-refractivity contribution is -0.150. The molecule has 45 heavy (non-hydrogen) atoms. The van der Waals surface area contributed by atoms with Crippen LogP contribution in [0.3, 0.4) is 0 Å². The smallest absolute Gasteiger partial charge is 0.410 e. The number of carbonyl (C=O) groups excluding carboxylic acids is 2. The van der Waals surface area contributed by atoms with Crippen LogP contribution in [0.2, 0.25) is 0 Å². The maximum absolute atomic E-state index is 13.4. The Morgan fingerprint density at radius 1 is 1.11 bits per heavy atom. The van der Waals surface area contributed by atoms with Gasteiger partial charge in [-0.2, -0.15) is 0 Å². The molecule has 4 heterocycles. The molecule has 0 saturated carbocycles. The quantitative estimate of drug-likeness (QED) is 0.212. The molecule has 8 heteroatoms. The molecule has 1 N–H and O–H groups in total. The molecule has 2 fully saturated rings. The molecule has 1 aromatic rings. The molecular formula is C37H55N3O5. The van der Waals surface area contributed by atoms with Crippen molar-refractivity contribution in [1.29, 1.82) is 0 Å². The van der Waals surface area contributed by atoms with Crippen LogP contribution in [0.15, 0.2) is 60.3 Å². The van der Waals surface area contributed by atoms with Crippen LogP contribution in [-0.4, -0.2) is 82.0 Å². The highest BCUT2D eigenvalue weighted by atomic mass is 16.6. The number of hydrogen-bond donors (Lipinski definition) is 1. The number of aliphatic hydroxyl groups is 1. The van der Waals surface area contributed by atoms with Crippen LogP contribution in [0.1, 0.15) is 97.6 Å². The van der Waals surface area contributed by atoms with Crippen LogP contribution in [-0.2, 0) is 14.3 Å². The van der Waals surface area contributed by atoms with Gasteiger partial charge in [0.15, 0.2) is 6.10 Å². The number of likely N-dealkylation sites (tertiary alicyclic amines) is 2. The molecule has 0 unspecified atom stereocenters. The van der Waals surface area contributed by atoms with E-state index in [1.165, 1.54) is 19.3 Å². The standard InChI is InChI=1S/C37H55N3O5/c1-27-17-20-37(5,43)33(44-36(42)40-24-18-31(19-25-40)39-22-9-6-10-23-39)16-15-30(4)35(45-34(41)26-27)29(3)13-11-12-28(2)32-14-7-8-21-38-32/h7-8,11-16,21,27-28,30-31,33,35,43H,6,9-10,17-20,22-26H2,1-5H3/b12-11+,16-15+,29-13+/t27-,28-,30+,33+,35-,37-/m1/s1. The zero-order valence-corrected chi connectivity index (χ0v) is 28.1. The Balaban J connectivity index is 1.46. The van der Waals surface area contributed by atoms with E-state index in [1.54, 1.807) is 24.1 Å². The number of cyclic esters (lactones) is 1. The van der Waals surface area contributed by atoms with Gasteiger partial charge in [0.05, 0.1) is 0 Å². The summed E-state index contributed by atoms with van der Waals surface area (Å²) in [4.78, 5) is 35.2. The topological polar surface area (TPSA) is 92.2 Å². The number of hydrogen-bond acceptors (Lipinski definition) is 7. The van der Waals surface area contributed by atoms with Gasteiger partial charge in [0, 0.05) is 49.3 Å². The lowest BCUT2D eigenvalue weighted by Gasteiger charge is -2.40. The van der Waals surface area contributed by atoms with E-state index in [1.807, 2.05) is 57.2 Å². The first-order valence-electron chi connectivity index (χ1n) is 17.1. The number of ether oxygens (including phenoxy) is 2. The number of pyridine rings is 1. The summed E-state index contributed by atoms with van der Waals surface area (Å²) >= 11 is 0. The number of allylic oxidation sites excluding steroid dienone is 3. The number of aromatic nitrogens is 1. The first-order valence-corrected chi connectivity index (χ1v) is 17.1. The number of piperidine rings is 2. The van der Waals surface area contributed by atoms with E-state index in [2.05, 4.69) is 22.9 Å². The van der Waals surface area contributed by atoms with Crippen LogP contribution >= 0.6 is 0 Å². The van der Waals surface area contributed by atoms with Crippen molar-refractivity contribution in [2.75, 3.05) is 26.2 Å². The Morgan fingerprint density at radius 3 is 2.53 bits per heavy atom. The molecular weight excluding hydrogens is 566 g/mol. The second-order valence-corrected chi connectivity index (χ2v) is 13.8. The second kappa shape index (κ2) is 16.5. The summed E-state index contributed by atoms with van der Waals surface area (Å²) in [6, 6.07) is 6.42. The van der Waals surface area contributed by atoms with Gasteiger partial charge in [-0.05, 0) is 95.2 Å². The lowest BCUT2D eigenvalue weighted by Crippen LogP contribution is -2.50. The van der Waals surface area contributed by atoms with Crippen LogP contribution in [0.25, 0.3) is 0 Å². The van der Waals surface area contributed by atoms with Crippen LogP contribution in [0.4, 0.5) is 4.79 Å². The molecule has 0 aliphatic carbocycles. The van der Waals surface area contributed by atoms with Gasteiger partial charge >= 0.3 is 12.1 Å². The number of rotatable bonds is 6. The largest absolute Gasteiger partial charge is 0.457 e. The Hall–Kier alpha value is -2.97. The van der Waals surface area contributed by atoms with E-state index >= 15 is 0 Å². The fraction of sp³-hybridized carbons (Fsp3) is 0.649. The second-order valence-electron chi connectivity index (χ2n) is 13.8. The van der Waals surface area contributed by atoms with Crippen molar-refractivity contribution in [2.24, 2.45) is 11.8 Å². The average Bonchev–Trinajstić information content (AvgIpc) is 3.04. The fourth-order valence-corrected chi connectivity index (χ4v) is 6.72. The maximum atomic E-state index is 13.4. The van der Waals surface area contributed by atoms with E-state index in [0.717, 1.165) is 37.2 Å². The SMILES string of the molecule is C/C(=C\C=C\[C@@H](C)c1ccccn1)[C@H]1OC(=O)C[C@H](C)CC[C@@](C)(O)[C@@H](OC(=O)N2CCC(N3CCCCC3)CC2)/C=C/[C@@H]1C. The minimum Gasteiger partial charge on any atom is -0.457 e. The van der Waals surface area contributed by atoms with Gasteiger partial charge in [-0.1, -0.05) is 57.6 Å². The van der Waals surface area contributed by atoms with Crippen LogP contribution < -0.4 is 0 Å². The molecule has 0 bridgehead atoms. The van der Waals surface area contributed by atoms with E-state index < -0.39 is 17.8 Å². The van der Waals surface area contributed by atoms with Crippen molar-refractivity contribution < 1.29 is 24.2 Å². The number of carbonyl (C=O) groups is 2. The maximum Gasteiger partial charge on any atom is 0.410 e. The van der Waals surface area contributed by atoms with Gasteiger partial charge in [0.1, 0.15) is 11.7 Å². The van der Waals surface area contributed by atoms with Gasteiger partial charge in [-0.15, -0.1) is 0 Å². The highest BCUT2D eigenvalue weighted by Crippen LogP contribution is 2.29. The molecule has 8 nitrogen and oxygen atoms in total. The molecule has 6 atom stereocenters. The highest BCUT2D eigenvalue weighted by molar-refractivity contribution is 5.70. The molecule has 1 aromatic heterocycles. The lowest BCUT2D eigenvalue weighted by atomic mass is 9.87. The van der Waals surface area contributed by atoms with Gasteiger partial charge in [-0.3, -0.25) is 9.78 Å². The number of amides is 1. The molecule has 4 rings (SSSR count). The molecule has 2 saturated heterocycles. The molecule has 1 amide bonds. The van der Waals surface area contributed by atoms with Gasteiger partial charge in [-0.25, -0.2) is 4.79 Å². The van der Waals surface area contributed by atoms with Gasteiger partial charge in [0.2, 0.25) is 0 Å². The molecule has 3 aliphatic rings.